The third-order valence-corrected chi connectivity index (χ3v) is 7.29. The minimum absolute atomic E-state index is 0.771. The van der Waals surface area contributed by atoms with E-state index in [-0.39, 0.29) is 0 Å². The van der Waals surface area contributed by atoms with Gasteiger partial charge < -0.3 is 0 Å². The van der Waals surface area contributed by atoms with Crippen LogP contribution in [-0.4, -0.2) is 42.6 Å². The minimum atomic E-state index is 0.771. The molecule has 0 aliphatic carbocycles. The molecule has 0 spiro atoms. The Balaban J connectivity index is 1.50. The number of nitrogens with zero attached hydrogens (tertiary/aromatic N) is 4. The van der Waals surface area contributed by atoms with Crippen molar-refractivity contribution in [2.24, 2.45) is 0 Å². The Morgan fingerprint density at radius 3 is 2.44 bits per heavy atom. The minimum Gasteiger partial charge on any atom is -0.297 e. The fraction of sp³-hybridized carbons (Fsp3) is 0.379. The molecule has 5 nitrogen and oxygen atoms in total. The molecule has 3 heterocycles. The summed E-state index contributed by atoms with van der Waals surface area (Å²) in [6.07, 6.45) is 4.37. The molecule has 1 aliphatic heterocycles. The van der Waals surface area contributed by atoms with Crippen LogP contribution in [0.25, 0.3) is 16.7 Å². The average molecular weight is 453 g/mol. The molecule has 34 heavy (non-hydrogen) atoms. The fourth-order valence-corrected chi connectivity index (χ4v) is 5.34. The second-order valence-corrected chi connectivity index (χ2v) is 9.41. The highest BCUT2D eigenvalue weighted by atomic mass is 15.3. The number of nitrogens with one attached hydrogen (secondary N) is 1. The number of aromatic amines is 1. The summed E-state index contributed by atoms with van der Waals surface area (Å²) in [5.74, 6) is 1.28. The van der Waals surface area contributed by atoms with Crippen LogP contribution in [-0.2, 0) is 12.8 Å². The number of fused-ring (bicyclic) bond motifs is 3. The molecule has 5 rings (SSSR count). The highest BCUT2D eigenvalue weighted by Crippen LogP contribution is 2.29. The molecule has 0 radical (unpaired) electrons. The number of para-hydroxylation sites is 2. The first kappa shape index (κ1) is 22.4. The van der Waals surface area contributed by atoms with E-state index in [4.69, 9.17) is 0 Å². The summed E-state index contributed by atoms with van der Waals surface area (Å²) in [6, 6.07) is 21.7. The van der Waals surface area contributed by atoms with Gasteiger partial charge in [0.2, 0.25) is 11.5 Å². The Hall–Kier alpha value is -3.36. The SMILES string of the molecule is CCCCc1c(C)c(C#N)c2[nH]c3ccccc3[n+]2c1N1CCN(CCc2ccccc2)CC1. The maximum Gasteiger partial charge on any atom is 0.250 e. The maximum absolute atomic E-state index is 10.1. The van der Waals surface area contributed by atoms with Crippen molar-refractivity contribution >= 4 is 22.5 Å². The van der Waals surface area contributed by atoms with Crippen molar-refractivity contribution in [1.82, 2.24) is 9.88 Å². The van der Waals surface area contributed by atoms with Gasteiger partial charge in [-0.25, -0.2) is 0 Å². The van der Waals surface area contributed by atoms with Gasteiger partial charge in [0.05, 0.1) is 13.1 Å². The van der Waals surface area contributed by atoms with Gasteiger partial charge in [-0.1, -0.05) is 55.8 Å². The topological polar surface area (TPSA) is 50.2 Å². The van der Waals surface area contributed by atoms with Gasteiger partial charge in [0.1, 0.15) is 22.7 Å². The smallest absolute Gasteiger partial charge is 0.250 e. The van der Waals surface area contributed by atoms with Crippen molar-refractivity contribution in [1.29, 1.82) is 5.26 Å². The summed E-state index contributed by atoms with van der Waals surface area (Å²) in [5.41, 5.74) is 7.78. The van der Waals surface area contributed by atoms with Crippen LogP contribution < -0.4 is 9.30 Å². The predicted octanol–water partition coefficient (Wildman–Crippen LogP) is 4.79. The molecule has 0 saturated carbocycles. The van der Waals surface area contributed by atoms with Crippen molar-refractivity contribution < 1.29 is 4.40 Å². The van der Waals surface area contributed by atoms with E-state index in [1.807, 2.05) is 0 Å². The molecule has 4 aromatic rings. The van der Waals surface area contributed by atoms with Crippen molar-refractivity contribution in [3.05, 3.63) is 76.9 Å². The summed E-state index contributed by atoms with van der Waals surface area (Å²) in [7, 11) is 0. The van der Waals surface area contributed by atoms with Crippen LogP contribution in [0.5, 0.6) is 0 Å². The third kappa shape index (κ3) is 4.15. The van der Waals surface area contributed by atoms with Crippen molar-refractivity contribution in [2.75, 3.05) is 37.6 Å². The molecule has 2 aromatic heterocycles. The van der Waals surface area contributed by atoms with Crippen LogP contribution in [0.2, 0.25) is 0 Å². The molecule has 0 bridgehead atoms. The van der Waals surface area contributed by atoms with Crippen LogP contribution in [0.3, 0.4) is 0 Å². The van der Waals surface area contributed by atoms with E-state index in [0.717, 1.165) is 86.2 Å². The molecule has 1 fully saturated rings. The van der Waals surface area contributed by atoms with Gasteiger partial charge in [0, 0.05) is 25.2 Å². The first-order chi connectivity index (χ1) is 16.7. The molecule has 5 heteroatoms. The standard InChI is InChI=1S/C29H33N5/c1-3-4-12-24-22(2)25(21-30)28-31-26-13-8-9-14-27(26)34(28)29(24)33-19-17-32(18-20-33)16-15-23-10-6-5-7-11-23/h5-11,13-14H,3-4,12,15-20H2,1-2H3/p+1. The zero-order valence-electron chi connectivity index (χ0n) is 20.3. The van der Waals surface area contributed by atoms with Gasteiger partial charge in [0.25, 0.3) is 0 Å². The quantitative estimate of drug-likeness (QED) is 0.410. The molecular weight excluding hydrogens is 418 g/mol. The Morgan fingerprint density at radius 1 is 0.971 bits per heavy atom. The van der Waals surface area contributed by atoms with Gasteiger partial charge in [0.15, 0.2) is 0 Å². The van der Waals surface area contributed by atoms with E-state index in [1.54, 1.807) is 0 Å². The highest BCUT2D eigenvalue weighted by molar-refractivity contribution is 5.78. The summed E-state index contributed by atoms with van der Waals surface area (Å²) in [5, 5.41) is 10.1. The van der Waals surface area contributed by atoms with E-state index in [1.165, 1.54) is 16.9 Å². The lowest BCUT2D eigenvalue weighted by molar-refractivity contribution is -0.468. The fourth-order valence-electron chi connectivity index (χ4n) is 5.34. The Labute approximate surface area is 202 Å². The zero-order chi connectivity index (χ0) is 23.5. The summed E-state index contributed by atoms with van der Waals surface area (Å²) in [6.45, 7) is 9.59. The molecule has 0 unspecified atom stereocenters. The van der Waals surface area contributed by atoms with Gasteiger partial charge in [-0.2, -0.15) is 9.66 Å². The number of unbranched alkanes of at least 4 members (excludes halogenated alkanes) is 1. The second kappa shape index (κ2) is 9.87. The van der Waals surface area contributed by atoms with E-state index in [2.05, 4.69) is 93.7 Å². The molecule has 1 N–H and O–H groups in total. The number of piperazine rings is 1. The number of rotatable bonds is 7. The van der Waals surface area contributed by atoms with Crippen LogP contribution in [0.1, 0.15) is 42.0 Å². The molecule has 174 valence electrons. The highest BCUT2D eigenvalue weighted by Gasteiger charge is 2.31. The van der Waals surface area contributed by atoms with Gasteiger partial charge in [-0.3, -0.25) is 14.8 Å². The number of H-pyrrole nitrogens is 1. The first-order valence-corrected chi connectivity index (χ1v) is 12.6. The van der Waals surface area contributed by atoms with Crippen molar-refractivity contribution in [2.45, 2.75) is 39.5 Å². The monoisotopic (exact) mass is 452 g/mol. The molecule has 1 saturated heterocycles. The lowest BCUT2D eigenvalue weighted by Gasteiger charge is -2.34. The number of hydrogen-bond donors (Lipinski definition) is 1. The predicted molar refractivity (Wildman–Crippen MR) is 138 cm³/mol. The Bertz CT molecular complexity index is 1320. The van der Waals surface area contributed by atoms with Gasteiger partial charge in [-0.15, -0.1) is 0 Å². The number of aromatic nitrogens is 2. The zero-order valence-corrected chi connectivity index (χ0v) is 20.3. The van der Waals surface area contributed by atoms with Crippen LogP contribution in [0.15, 0.2) is 54.6 Å². The molecule has 2 aromatic carbocycles. The van der Waals surface area contributed by atoms with Crippen molar-refractivity contribution in [3.63, 3.8) is 0 Å². The molecule has 0 atom stereocenters. The summed E-state index contributed by atoms with van der Waals surface area (Å²) >= 11 is 0. The number of hydrogen-bond acceptors (Lipinski definition) is 3. The average Bonchev–Trinajstić information content (AvgIpc) is 3.26. The molecular formula is C29H34N5+. The van der Waals surface area contributed by atoms with E-state index >= 15 is 0 Å². The van der Waals surface area contributed by atoms with Gasteiger partial charge in [-0.05, 0) is 49.4 Å². The van der Waals surface area contributed by atoms with E-state index < -0.39 is 0 Å². The normalized spacial score (nSPS) is 14.7. The summed E-state index contributed by atoms with van der Waals surface area (Å²) in [4.78, 5) is 8.70. The first-order valence-electron chi connectivity index (χ1n) is 12.6. The summed E-state index contributed by atoms with van der Waals surface area (Å²) < 4.78 is 2.32. The van der Waals surface area contributed by atoms with E-state index in [0.29, 0.717) is 0 Å². The van der Waals surface area contributed by atoms with Crippen LogP contribution in [0.4, 0.5) is 5.82 Å². The van der Waals surface area contributed by atoms with Gasteiger partial charge >= 0.3 is 0 Å². The lowest BCUT2D eigenvalue weighted by atomic mass is 9.99. The Morgan fingerprint density at radius 2 is 1.71 bits per heavy atom. The number of nitriles is 1. The third-order valence-electron chi connectivity index (χ3n) is 7.29. The molecule has 0 amide bonds. The van der Waals surface area contributed by atoms with Crippen LogP contribution >= 0.6 is 0 Å². The van der Waals surface area contributed by atoms with Crippen molar-refractivity contribution in [3.8, 4) is 6.07 Å². The maximum atomic E-state index is 10.1. The van der Waals surface area contributed by atoms with E-state index in [9.17, 15) is 5.26 Å². The number of anilines is 1. The second-order valence-electron chi connectivity index (χ2n) is 9.41. The largest absolute Gasteiger partial charge is 0.297 e. The number of pyridine rings is 1. The number of benzene rings is 2. The molecule has 1 aliphatic rings. The van der Waals surface area contributed by atoms with Crippen LogP contribution in [0, 0.1) is 18.3 Å². The number of imidazole rings is 1. The Kier molecular flexibility index (Phi) is 6.51. The lowest BCUT2D eigenvalue weighted by Crippen LogP contribution is -2.50.